The van der Waals surface area contributed by atoms with Crippen molar-refractivity contribution in [2.24, 2.45) is 5.92 Å². The van der Waals surface area contributed by atoms with Crippen LogP contribution in [0.5, 0.6) is 0 Å². The summed E-state index contributed by atoms with van der Waals surface area (Å²) in [7, 11) is 0. The lowest BCUT2D eigenvalue weighted by Crippen LogP contribution is -2.50. The average molecular weight is 238 g/mol. The van der Waals surface area contributed by atoms with Crippen molar-refractivity contribution in [3.8, 4) is 0 Å². The molecule has 2 atom stereocenters. The monoisotopic (exact) mass is 238 g/mol. The van der Waals surface area contributed by atoms with E-state index in [1.807, 2.05) is 0 Å². The van der Waals surface area contributed by atoms with Gasteiger partial charge in [-0.2, -0.15) is 0 Å². The van der Waals surface area contributed by atoms with Crippen molar-refractivity contribution in [3.05, 3.63) is 0 Å². The Morgan fingerprint density at radius 1 is 1.06 bits per heavy atom. The summed E-state index contributed by atoms with van der Waals surface area (Å²) in [4.78, 5) is 2.72. The van der Waals surface area contributed by atoms with Gasteiger partial charge in [0.05, 0.1) is 0 Å². The Morgan fingerprint density at radius 2 is 1.88 bits per heavy atom. The second-order valence-corrected chi connectivity index (χ2v) is 6.14. The molecule has 1 heterocycles. The van der Waals surface area contributed by atoms with Crippen molar-refractivity contribution >= 4 is 0 Å². The molecule has 2 fully saturated rings. The second kappa shape index (κ2) is 6.75. The van der Waals surface area contributed by atoms with E-state index in [2.05, 4.69) is 24.1 Å². The predicted molar refractivity (Wildman–Crippen MR) is 74.3 cm³/mol. The minimum Gasteiger partial charge on any atom is -0.310 e. The van der Waals surface area contributed by atoms with Crippen LogP contribution in [-0.4, -0.2) is 36.6 Å². The van der Waals surface area contributed by atoms with Crippen LogP contribution in [0, 0.1) is 5.92 Å². The van der Waals surface area contributed by atoms with Gasteiger partial charge in [-0.1, -0.05) is 26.7 Å². The molecule has 0 aromatic carbocycles. The van der Waals surface area contributed by atoms with E-state index in [-0.39, 0.29) is 0 Å². The molecular weight excluding hydrogens is 208 g/mol. The molecule has 0 spiro atoms. The van der Waals surface area contributed by atoms with Crippen LogP contribution < -0.4 is 5.32 Å². The van der Waals surface area contributed by atoms with Gasteiger partial charge >= 0.3 is 0 Å². The van der Waals surface area contributed by atoms with Crippen LogP contribution in [-0.2, 0) is 0 Å². The van der Waals surface area contributed by atoms with Crippen LogP contribution in [0.15, 0.2) is 0 Å². The first-order valence-electron chi connectivity index (χ1n) is 7.80. The Balaban J connectivity index is 1.79. The highest BCUT2D eigenvalue weighted by atomic mass is 15.2. The Labute approximate surface area is 107 Å². The van der Waals surface area contributed by atoms with Gasteiger partial charge in [-0.05, 0) is 44.6 Å². The van der Waals surface area contributed by atoms with Crippen molar-refractivity contribution in [1.29, 1.82) is 0 Å². The third kappa shape index (κ3) is 4.59. The van der Waals surface area contributed by atoms with Crippen LogP contribution >= 0.6 is 0 Å². The summed E-state index contributed by atoms with van der Waals surface area (Å²) in [5.41, 5.74) is 0. The Bertz CT molecular complexity index is 213. The van der Waals surface area contributed by atoms with E-state index in [1.165, 1.54) is 64.6 Å². The maximum atomic E-state index is 3.85. The minimum absolute atomic E-state index is 0.782. The third-order valence-corrected chi connectivity index (χ3v) is 4.19. The summed E-state index contributed by atoms with van der Waals surface area (Å²) in [5, 5.41) is 3.85. The Kier molecular flexibility index (Phi) is 5.30. The summed E-state index contributed by atoms with van der Waals surface area (Å²) in [6.45, 7) is 8.61. The Morgan fingerprint density at radius 3 is 2.53 bits per heavy atom. The van der Waals surface area contributed by atoms with E-state index in [0.717, 1.165) is 18.0 Å². The number of rotatable bonds is 7. The number of likely N-dealkylation sites (tertiary alicyclic amines) is 1. The summed E-state index contributed by atoms with van der Waals surface area (Å²) in [6, 6.07) is 1.65. The molecule has 2 unspecified atom stereocenters. The molecule has 100 valence electrons. The van der Waals surface area contributed by atoms with E-state index >= 15 is 0 Å². The zero-order valence-corrected chi connectivity index (χ0v) is 11.8. The molecular formula is C15H30N2. The molecule has 0 amide bonds. The molecule has 1 N–H and O–H groups in total. The summed E-state index contributed by atoms with van der Waals surface area (Å²) < 4.78 is 0. The topological polar surface area (TPSA) is 15.3 Å². The van der Waals surface area contributed by atoms with Gasteiger partial charge in [0.15, 0.2) is 0 Å². The largest absolute Gasteiger partial charge is 0.310 e. The Hall–Kier alpha value is -0.0800. The first kappa shape index (κ1) is 13.4. The van der Waals surface area contributed by atoms with Crippen LogP contribution in [0.3, 0.4) is 0 Å². The fourth-order valence-electron chi connectivity index (χ4n) is 3.19. The molecule has 1 saturated carbocycles. The number of hydrogen-bond acceptors (Lipinski definition) is 2. The first-order chi connectivity index (χ1) is 8.31. The molecule has 0 bridgehead atoms. The smallest absolute Gasteiger partial charge is 0.0200 e. The molecule has 2 heteroatoms. The highest BCUT2D eigenvalue weighted by molar-refractivity contribution is 4.90. The normalized spacial score (nSPS) is 30.7. The number of hydrogen-bond donors (Lipinski definition) is 1. The van der Waals surface area contributed by atoms with Crippen LogP contribution in [0.25, 0.3) is 0 Å². The van der Waals surface area contributed by atoms with Gasteiger partial charge in [-0.3, -0.25) is 0 Å². The average Bonchev–Trinajstić information content (AvgIpc) is 3.10. The van der Waals surface area contributed by atoms with Gasteiger partial charge in [0.1, 0.15) is 0 Å². The molecule has 1 aliphatic carbocycles. The number of nitrogens with one attached hydrogen (secondary N) is 1. The zero-order chi connectivity index (χ0) is 12.1. The van der Waals surface area contributed by atoms with Crippen molar-refractivity contribution in [1.82, 2.24) is 10.2 Å². The van der Waals surface area contributed by atoms with Gasteiger partial charge in [0.25, 0.3) is 0 Å². The van der Waals surface area contributed by atoms with Crippen molar-refractivity contribution < 1.29 is 0 Å². The van der Waals surface area contributed by atoms with Crippen LogP contribution in [0.4, 0.5) is 0 Å². The molecule has 0 aromatic rings. The maximum Gasteiger partial charge on any atom is 0.0200 e. The molecule has 0 radical (unpaired) electrons. The number of unbranched alkanes of at least 4 members (excludes halogenated alkanes) is 1. The zero-order valence-electron chi connectivity index (χ0n) is 11.8. The van der Waals surface area contributed by atoms with E-state index in [0.29, 0.717) is 0 Å². The van der Waals surface area contributed by atoms with E-state index in [9.17, 15) is 0 Å². The van der Waals surface area contributed by atoms with Gasteiger partial charge < -0.3 is 10.2 Å². The first-order valence-corrected chi connectivity index (χ1v) is 7.80. The summed E-state index contributed by atoms with van der Waals surface area (Å²) in [5.74, 6) is 0.946. The van der Waals surface area contributed by atoms with Crippen LogP contribution in [0.1, 0.15) is 58.8 Å². The SMILES string of the molecule is CCCCN1CC(CCC)CC(NC2CC2)C1. The third-order valence-electron chi connectivity index (χ3n) is 4.19. The summed E-state index contributed by atoms with van der Waals surface area (Å²) in [6.07, 6.45) is 9.74. The van der Waals surface area contributed by atoms with Crippen LogP contribution in [0.2, 0.25) is 0 Å². The van der Waals surface area contributed by atoms with E-state index in [1.54, 1.807) is 0 Å². The molecule has 1 aliphatic heterocycles. The van der Waals surface area contributed by atoms with E-state index in [4.69, 9.17) is 0 Å². The van der Waals surface area contributed by atoms with Gasteiger partial charge in [0.2, 0.25) is 0 Å². The molecule has 2 nitrogen and oxygen atoms in total. The van der Waals surface area contributed by atoms with Gasteiger partial charge in [-0.15, -0.1) is 0 Å². The fraction of sp³-hybridized carbons (Fsp3) is 1.00. The highest BCUT2D eigenvalue weighted by Gasteiger charge is 2.30. The molecule has 0 aromatic heterocycles. The standard InChI is InChI=1S/C15H30N2/c1-3-5-9-17-11-13(6-4-2)10-15(12-17)16-14-7-8-14/h13-16H,3-12H2,1-2H3. The van der Waals surface area contributed by atoms with Crippen molar-refractivity contribution in [2.45, 2.75) is 70.9 Å². The summed E-state index contributed by atoms with van der Waals surface area (Å²) >= 11 is 0. The maximum absolute atomic E-state index is 3.85. The quantitative estimate of drug-likeness (QED) is 0.733. The predicted octanol–water partition coefficient (Wildman–Crippen LogP) is 3.03. The lowest BCUT2D eigenvalue weighted by atomic mass is 9.90. The fourth-order valence-corrected chi connectivity index (χ4v) is 3.19. The highest BCUT2D eigenvalue weighted by Crippen LogP contribution is 2.26. The van der Waals surface area contributed by atoms with E-state index < -0.39 is 0 Å². The van der Waals surface area contributed by atoms with Crippen molar-refractivity contribution in [2.75, 3.05) is 19.6 Å². The molecule has 2 aliphatic rings. The molecule has 17 heavy (non-hydrogen) atoms. The van der Waals surface area contributed by atoms with Crippen molar-refractivity contribution in [3.63, 3.8) is 0 Å². The molecule has 2 rings (SSSR count). The molecule has 1 saturated heterocycles. The van der Waals surface area contributed by atoms with Gasteiger partial charge in [-0.25, -0.2) is 0 Å². The second-order valence-electron chi connectivity index (χ2n) is 6.14. The number of nitrogens with zero attached hydrogens (tertiary/aromatic N) is 1. The lowest BCUT2D eigenvalue weighted by molar-refractivity contribution is 0.133. The van der Waals surface area contributed by atoms with Gasteiger partial charge in [0, 0.05) is 25.2 Å². The minimum atomic E-state index is 0.782. The lowest BCUT2D eigenvalue weighted by Gasteiger charge is -2.38. The number of piperidine rings is 1.